The summed E-state index contributed by atoms with van der Waals surface area (Å²) in [5, 5.41) is 0. The molecule has 2 fully saturated rings. The van der Waals surface area contributed by atoms with E-state index in [1.165, 1.54) is 18.1 Å². The van der Waals surface area contributed by atoms with E-state index in [1.54, 1.807) is 12.1 Å². The van der Waals surface area contributed by atoms with E-state index in [9.17, 15) is 18.0 Å². The zero-order valence-corrected chi connectivity index (χ0v) is 20.1. The summed E-state index contributed by atoms with van der Waals surface area (Å²) in [5.41, 5.74) is 2.75. The molecule has 0 spiro atoms. The molecule has 3 atom stereocenters. The number of benzene rings is 2. The maximum atomic E-state index is 13.5. The van der Waals surface area contributed by atoms with Crippen LogP contribution in [0.15, 0.2) is 47.4 Å². The number of carbonyl (C=O) groups excluding carboxylic acids is 2. The highest BCUT2D eigenvalue weighted by molar-refractivity contribution is 7.89. The molecule has 1 saturated heterocycles. The normalized spacial score (nSPS) is 24.6. The van der Waals surface area contributed by atoms with Gasteiger partial charge in [-0.1, -0.05) is 43.2 Å². The molecule has 1 N–H and O–H groups in total. The fourth-order valence-corrected chi connectivity index (χ4v) is 7.20. The Labute approximate surface area is 200 Å². The number of fused-ring (bicyclic) bond motifs is 2. The van der Waals surface area contributed by atoms with Gasteiger partial charge >= 0.3 is 0 Å². The van der Waals surface area contributed by atoms with Crippen molar-refractivity contribution in [3.63, 3.8) is 0 Å². The molecule has 0 unspecified atom stereocenters. The average molecular weight is 483 g/mol. The van der Waals surface area contributed by atoms with Gasteiger partial charge in [-0.05, 0) is 60.9 Å². The number of amides is 2. The van der Waals surface area contributed by atoms with E-state index in [0.717, 1.165) is 56.1 Å². The number of carbonyl (C=O) groups is 2. The number of nitrogens with one attached hydrogen (secondary N) is 1. The molecule has 2 aromatic rings. The fraction of sp³-hybridized carbons (Fsp3) is 0.462. The Morgan fingerprint density at radius 1 is 0.971 bits per heavy atom. The van der Waals surface area contributed by atoms with Crippen molar-refractivity contribution in [1.29, 1.82) is 0 Å². The number of ether oxygens (including phenoxy) is 1. The predicted molar refractivity (Wildman–Crippen MR) is 126 cm³/mol. The lowest BCUT2D eigenvalue weighted by atomic mass is 9.81. The van der Waals surface area contributed by atoms with Gasteiger partial charge in [0.25, 0.3) is 0 Å². The first-order chi connectivity index (χ1) is 16.4. The molecule has 0 bridgehead atoms. The molecule has 1 heterocycles. The van der Waals surface area contributed by atoms with Crippen molar-refractivity contribution < 1.29 is 22.7 Å². The standard InChI is InChI=1S/C26H30N2O5S/c1-33-23-14-13-17(16-28-25(29)20-10-4-5-11-21(20)26(28)30)15-24(23)34(31,32)27-22-12-6-8-18-7-2-3-9-19(18)22/h2-3,7,9,13-15,20-22,27H,4-6,8,10-12,16H2,1H3/t20-,21+,22-/m0/s1. The second-order valence-electron chi connectivity index (χ2n) is 9.51. The van der Waals surface area contributed by atoms with Crippen molar-refractivity contribution in [3.8, 4) is 5.75 Å². The first-order valence-corrected chi connectivity index (χ1v) is 13.5. The van der Waals surface area contributed by atoms with E-state index in [1.807, 2.05) is 24.3 Å². The van der Waals surface area contributed by atoms with Gasteiger partial charge in [-0.15, -0.1) is 0 Å². The minimum atomic E-state index is -3.91. The van der Waals surface area contributed by atoms with Crippen LogP contribution < -0.4 is 9.46 Å². The monoisotopic (exact) mass is 482 g/mol. The number of nitrogens with zero attached hydrogens (tertiary/aromatic N) is 1. The predicted octanol–water partition coefficient (Wildman–Crippen LogP) is 3.73. The van der Waals surface area contributed by atoms with Crippen molar-refractivity contribution in [2.75, 3.05) is 7.11 Å². The van der Waals surface area contributed by atoms with Crippen LogP contribution in [0.5, 0.6) is 5.75 Å². The molecule has 1 saturated carbocycles. The lowest BCUT2D eigenvalue weighted by Crippen LogP contribution is -2.32. The molecule has 34 heavy (non-hydrogen) atoms. The molecule has 180 valence electrons. The molecule has 2 aliphatic carbocycles. The first kappa shape index (κ1) is 23.1. The van der Waals surface area contributed by atoms with E-state index in [4.69, 9.17) is 4.74 Å². The Bertz CT molecular complexity index is 1200. The van der Waals surface area contributed by atoms with E-state index < -0.39 is 10.0 Å². The average Bonchev–Trinajstić information content (AvgIpc) is 3.09. The number of hydrogen-bond donors (Lipinski definition) is 1. The van der Waals surface area contributed by atoms with Gasteiger partial charge in [0, 0.05) is 6.04 Å². The highest BCUT2D eigenvalue weighted by atomic mass is 32.2. The van der Waals surface area contributed by atoms with Gasteiger partial charge in [0.05, 0.1) is 25.5 Å². The summed E-state index contributed by atoms with van der Waals surface area (Å²) in [6, 6.07) is 12.4. The molecular weight excluding hydrogens is 452 g/mol. The Hall–Kier alpha value is -2.71. The molecule has 5 rings (SSSR count). The summed E-state index contributed by atoms with van der Waals surface area (Å²) in [5.74, 6) is -0.488. The molecule has 0 radical (unpaired) electrons. The van der Waals surface area contributed by atoms with Crippen LogP contribution in [0.1, 0.15) is 61.3 Å². The molecule has 3 aliphatic rings. The second kappa shape index (κ2) is 9.15. The van der Waals surface area contributed by atoms with Crippen molar-refractivity contribution >= 4 is 21.8 Å². The second-order valence-corrected chi connectivity index (χ2v) is 11.2. The van der Waals surface area contributed by atoms with Crippen LogP contribution in [-0.2, 0) is 32.6 Å². The summed E-state index contributed by atoms with van der Waals surface area (Å²) >= 11 is 0. The number of methoxy groups -OCH3 is 1. The number of hydrogen-bond acceptors (Lipinski definition) is 5. The summed E-state index contributed by atoms with van der Waals surface area (Å²) < 4.78 is 35.2. The highest BCUT2D eigenvalue weighted by Gasteiger charge is 2.48. The van der Waals surface area contributed by atoms with E-state index in [0.29, 0.717) is 5.56 Å². The van der Waals surface area contributed by atoms with Gasteiger partial charge in [-0.25, -0.2) is 13.1 Å². The van der Waals surface area contributed by atoms with Crippen LogP contribution >= 0.6 is 0 Å². The number of likely N-dealkylation sites (tertiary alicyclic amines) is 1. The first-order valence-electron chi connectivity index (χ1n) is 12.0. The van der Waals surface area contributed by atoms with E-state index in [2.05, 4.69) is 4.72 Å². The Morgan fingerprint density at radius 3 is 2.38 bits per heavy atom. The summed E-state index contributed by atoms with van der Waals surface area (Å²) in [6.07, 6.45) is 6.00. The molecule has 2 amide bonds. The smallest absolute Gasteiger partial charge is 0.244 e. The van der Waals surface area contributed by atoms with Crippen LogP contribution in [0.4, 0.5) is 0 Å². The lowest BCUT2D eigenvalue weighted by molar-refractivity contribution is -0.140. The third-order valence-corrected chi connectivity index (χ3v) is 8.95. The van der Waals surface area contributed by atoms with Gasteiger partial charge < -0.3 is 4.74 Å². The number of sulfonamides is 1. The van der Waals surface area contributed by atoms with Crippen molar-refractivity contribution in [3.05, 3.63) is 59.2 Å². The molecule has 8 heteroatoms. The number of aryl methyl sites for hydroxylation is 1. The molecular formula is C26H30N2O5S. The minimum Gasteiger partial charge on any atom is -0.495 e. The Kier molecular flexibility index (Phi) is 6.20. The van der Waals surface area contributed by atoms with Gasteiger partial charge in [0.1, 0.15) is 10.6 Å². The van der Waals surface area contributed by atoms with Gasteiger partial charge in [-0.2, -0.15) is 0 Å². The summed E-state index contributed by atoms with van der Waals surface area (Å²) in [7, 11) is -2.48. The minimum absolute atomic E-state index is 0.0204. The molecule has 0 aromatic heterocycles. The molecule has 2 aromatic carbocycles. The topological polar surface area (TPSA) is 92.8 Å². The fourth-order valence-electron chi connectivity index (χ4n) is 5.73. The number of imide groups is 1. The Morgan fingerprint density at radius 2 is 1.68 bits per heavy atom. The van der Waals surface area contributed by atoms with Crippen LogP contribution in [0.25, 0.3) is 0 Å². The van der Waals surface area contributed by atoms with Gasteiger partial charge in [0.2, 0.25) is 21.8 Å². The summed E-state index contributed by atoms with van der Waals surface area (Å²) in [4.78, 5) is 27.1. The zero-order valence-electron chi connectivity index (χ0n) is 19.3. The van der Waals surface area contributed by atoms with Crippen LogP contribution in [0.3, 0.4) is 0 Å². The maximum Gasteiger partial charge on any atom is 0.244 e. The van der Waals surface area contributed by atoms with E-state index >= 15 is 0 Å². The van der Waals surface area contributed by atoms with Crippen molar-refractivity contribution in [2.24, 2.45) is 11.8 Å². The number of rotatable bonds is 6. The quantitative estimate of drug-likeness (QED) is 0.634. The molecule has 1 aliphatic heterocycles. The maximum absolute atomic E-state index is 13.5. The largest absolute Gasteiger partial charge is 0.495 e. The lowest BCUT2D eigenvalue weighted by Gasteiger charge is -2.26. The van der Waals surface area contributed by atoms with Crippen LogP contribution in [-0.4, -0.2) is 32.2 Å². The summed E-state index contributed by atoms with van der Waals surface area (Å²) in [6.45, 7) is 0.0729. The zero-order chi connectivity index (χ0) is 23.9. The highest BCUT2D eigenvalue weighted by Crippen LogP contribution is 2.39. The van der Waals surface area contributed by atoms with E-state index in [-0.39, 0.29) is 46.9 Å². The van der Waals surface area contributed by atoms with Crippen LogP contribution in [0, 0.1) is 11.8 Å². The van der Waals surface area contributed by atoms with Crippen molar-refractivity contribution in [2.45, 2.75) is 62.4 Å². The van der Waals surface area contributed by atoms with Crippen LogP contribution in [0.2, 0.25) is 0 Å². The third kappa shape index (κ3) is 4.14. The van der Waals surface area contributed by atoms with Gasteiger partial charge in [0.15, 0.2) is 0 Å². The third-order valence-electron chi connectivity index (χ3n) is 7.46. The van der Waals surface area contributed by atoms with Gasteiger partial charge in [-0.3, -0.25) is 14.5 Å². The SMILES string of the molecule is COc1ccc(CN2C(=O)[C@H]3CCCC[C@H]3C2=O)cc1S(=O)(=O)N[C@H]1CCCc2ccccc21. The van der Waals surface area contributed by atoms with Crippen molar-refractivity contribution in [1.82, 2.24) is 9.62 Å². The Balaban J connectivity index is 1.41. The molecule has 7 nitrogen and oxygen atoms in total.